The summed E-state index contributed by atoms with van der Waals surface area (Å²) in [5.41, 5.74) is 1.25. The highest BCUT2D eigenvalue weighted by molar-refractivity contribution is 5.77. The molecule has 0 spiro atoms. The second-order valence-electron chi connectivity index (χ2n) is 5.81. The Morgan fingerprint density at radius 2 is 1.46 bits per heavy atom. The second-order valence-corrected chi connectivity index (χ2v) is 5.81. The Hall–Kier alpha value is -3.39. The van der Waals surface area contributed by atoms with Crippen molar-refractivity contribution in [3.05, 3.63) is 65.7 Å². The van der Waals surface area contributed by atoms with Gasteiger partial charge in [-0.1, -0.05) is 48.5 Å². The normalized spacial score (nSPS) is 12.1. The number of esters is 1. The molecule has 0 radical (unpaired) electrons. The van der Waals surface area contributed by atoms with Crippen LogP contribution in [0.2, 0.25) is 0 Å². The molecule has 0 aliphatic heterocycles. The highest BCUT2D eigenvalue weighted by Crippen LogP contribution is 2.17. The number of carboxylic acid groups (broad SMARTS) is 2. The van der Waals surface area contributed by atoms with Gasteiger partial charge in [0.15, 0.2) is 6.10 Å². The van der Waals surface area contributed by atoms with Gasteiger partial charge in [-0.2, -0.15) is 0 Å². The zero-order valence-electron chi connectivity index (χ0n) is 15.2. The maximum absolute atomic E-state index is 10.8. The first-order valence-electron chi connectivity index (χ1n) is 8.32. The zero-order valence-corrected chi connectivity index (χ0v) is 15.2. The Labute approximate surface area is 161 Å². The number of aliphatic carboxylic acids is 2. The molecule has 150 valence electrons. The molecule has 8 nitrogen and oxygen atoms in total. The largest absolute Gasteiger partial charge is 0.508 e. The second kappa shape index (κ2) is 11.3. The van der Waals surface area contributed by atoms with E-state index in [0.29, 0.717) is 5.56 Å². The molecule has 2 atom stereocenters. The number of carboxylic acids is 2. The highest BCUT2D eigenvalue weighted by atomic mass is 16.6. The molecule has 2 rings (SSSR count). The molecule has 1 unspecified atom stereocenters. The number of phenolic OH excluding ortho intramolecular Hbond substituents is 1. The lowest BCUT2D eigenvalue weighted by Gasteiger charge is -2.12. The molecule has 8 heteroatoms. The predicted octanol–water partition coefficient (Wildman–Crippen LogP) is 1.63. The van der Waals surface area contributed by atoms with Crippen molar-refractivity contribution < 1.29 is 39.5 Å². The van der Waals surface area contributed by atoms with Crippen LogP contribution < -0.4 is 0 Å². The van der Waals surface area contributed by atoms with Crippen molar-refractivity contribution in [1.29, 1.82) is 0 Å². The lowest BCUT2D eigenvalue weighted by Crippen LogP contribution is -2.28. The molecular weight excluding hydrogens is 368 g/mol. The van der Waals surface area contributed by atoms with Gasteiger partial charge in [-0.3, -0.25) is 4.79 Å². The molecule has 0 saturated carbocycles. The van der Waals surface area contributed by atoms with Crippen LogP contribution in [0.4, 0.5) is 0 Å². The minimum absolute atomic E-state index is 0.00259. The Bertz CT molecular complexity index is 788. The first kappa shape index (κ1) is 22.7. The van der Waals surface area contributed by atoms with Gasteiger partial charge in [0.1, 0.15) is 5.75 Å². The molecule has 0 aliphatic carbocycles. The van der Waals surface area contributed by atoms with Gasteiger partial charge >= 0.3 is 17.9 Å². The van der Waals surface area contributed by atoms with E-state index >= 15 is 0 Å². The third-order valence-electron chi connectivity index (χ3n) is 3.54. The number of carbonyl (C=O) groups excluding carboxylic acids is 1. The first-order chi connectivity index (χ1) is 13.2. The lowest BCUT2D eigenvalue weighted by atomic mass is 10.1. The van der Waals surface area contributed by atoms with E-state index in [9.17, 15) is 19.5 Å². The van der Waals surface area contributed by atoms with Gasteiger partial charge in [0.25, 0.3) is 0 Å². The lowest BCUT2D eigenvalue weighted by molar-refractivity contribution is -0.162. The fraction of sp³-hybridized carbons (Fsp3) is 0.250. The zero-order chi connectivity index (χ0) is 21.1. The maximum atomic E-state index is 10.8. The van der Waals surface area contributed by atoms with E-state index in [4.69, 9.17) is 15.3 Å². The Balaban J connectivity index is 0.000000283. The number of benzene rings is 2. The molecule has 2 aromatic carbocycles. The summed E-state index contributed by atoms with van der Waals surface area (Å²) < 4.78 is 4.68. The number of ether oxygens (including phenoxy) is 1. The molecule has 0 amide bonds. The summed E-state index contributed by atoms with van der Waals surface area (Å²) in [7, 11) is 0. The van der Waals surface area contributed by atoms with E-state index in [2.05, 4.69) is 4.74 Å². The van der Waals surface area contributed by atoms with Crippen LogP contribution in [-0.2, 0) is 32.0 Å². The number of aromatic hydroxyl groups is 1. The number of phenols is 1. The number of hydrogen-bond acceptors (Lipinski definition) is 6. The van der Waals surface area contributed by atoms with Gasteiger partial charge in [0.05, 0.1) is 0 Å². The molecule has 2 aromatic rings. The van der Waals surface area contributed by atoms with Crippen molar-refractivity contribution in [1.82, 2.24) is 0 Å². The highest BCUT2D eigenvalue weighted by Gasteiger charge is 2.20. The Morgan fingerprint density at radius 3 is 1.96 bits per heavy atom. The van der Waals surface area contributed by atoms with Crippen LogP contribution in [0.25, 0.3) is 0 Å². The van der Waals surface area contributed by atoms with Crippen LogP contribution in [0.3, 0.4) is 0 Å². The fourth-order valence-electron chi connectivity index (χ4n) is 2.19. The topological polar surface area (TPSA) is 141 Å². The summed E-state index contributed by atoms with van der Waals surface area (Å²) in [6.45, 7) is 1.20. The number of aliphatic hydroxyl groups excluding tert-OH is 1. The van der Waals surface area contributed by atoms with E-state index in [1.165, 1.54) is 13.0 Å². The molecule has 0 aliphatic rings. The molecule has 0 aromatic heterocycles. The third-order valence-corrected chi connectivity index (χ3v) is 3.54. The number of carbonyl (C=O) groups is 3. The number of rotatable bonds is 7. The van der Waals surface area contributed by atoms with Crippen molar-refractivity contribution in [2.24, 2.45) is 0 Å². The van der Waals surface area contributed by atoms with Gasteiger partial charge in [-0.05, 0) is 17.2 Å². The van der Waals surface area contributed by atoms with Gasteiger partial charge in [-0.25, -0.2) is 9.59 Å². The number of para-hydroxylation sites is 1. The molecule has 0 bridgehead atoms. The molecular formula is C20H22O8. The quantitative estimate of drug-likeness (QED) is 0.523. The molecule has 0 heterocycles. The van der Waals surface area contributed by atoms with Crippen molar-refractivity contribution in [3.63, 3.8) is 0 Å². The van der Waals surface area contributed by atoms with E-state index in [1.54, 1.807) is 30.3 Å². The van der Waals surface area contributed by atoms with Crippen LogP contribution in [0.5, 0.6) is 5.75 Å². The predicted molar refractivity (Wildman–Crippen MR) is 98.8 cm³/mol. The Kier molecular flexibility index (Phi) is 9.18. The summed E-state index contributed by atoms with van der Waals surface area (Å²) >= 11 is 0. The Morgan fingerprint density at radius 1 is 0.893 bits per heavy atom. The summed E-state index contributed by atoms with van der Waals surface area (Å²) in [6, 6.07) is 15.4. The summed E-state index contributed by atoms with van der Waals surface area (Å²) in [4.78, 5) is 31.7. The van der Waals surface area contributed by atoms with Crippen molar-refractivity contribution in [3.8, 4) is 5.75 Å². The monoisotopic (exact) mass is 390 g/mol. The number of hydrogen-bond donors (Lipinski definition) is 4. The van der Waals surface area contributed by atoms with E-state index in [-0.39, 0.29) is 18.6 Å². The fourth-order valence-corrected chi connectivity index (χ4v) is 2.19. The molecule has 28 heavy (non-hydrogen) atoms. The van der Waals surface area contributed by atoms with Crippen LogP contribution in [0.1, 0.15) is 18.1 Å². The van der Waals surface area contributed by atoms with Crippen molar-refractivity contribution in [2.45, 2.75) is 32.0 Å². The van der Waals surface area contributed by atoms with Gasteiger partial charge in [-0.15, -0.1) is 0 Å². The van der Waals surface area contributed by atoms with Crippen LogP contribution in [-0.4, -0.2) is 50.5 Å². The summed E-state index contributed by atoms with van der Waals surface area (Å²) in [6.07, 6.45) is -2.46. The molecule has 4 N–H and O–H groups in total. The van der Waals surface area contributed by atoms with Gasteiger partial charge in [0, 0.05) is 19.8 Å². The first-order valence-corrected chi connectivity index (χ1v) is 8.32. The maximum Gasteiger partial charge on any atom is 0.345 e. The van der Waals surface area contributed by atoms with E-state index in [0.717, 1.165) is 5.56 Å². The van der Waals surface area contributed by atoms with Crippen LogP contribution >= 0.6 is 0 Å². The molecule has 0 fully saturated rings. The average Bonchev–Trinajstić information content (AvgIpc) is 2.64. The smallest absolute Gasteiger partial charge is 0.345 e. The van der Waals surface area contributed by atoms with Gasteiger partial charge < -0.3 is 25.2 Å². The van der Waals surface area contributed by atoms with E-state index in [1.807, 2.05) is 18.2 Å². The number of aliphatic hydroxyl groups is 1. The summed E-state index contributed by atoms with van der Waals surface area (Å²) in [5, 5.41) is 35.4. The van der Waals surface area contributed by atoms with E-state index < -0.39 is 30.1 Å². The van der Waals surface area contributed by atoms with Gasteiger partial charge in [0.2, 0.25) is 6.10 Å². The van der Waals surface area contributed by atoms with Crippen molar-refractivity contribution in [2.75, 3.05) is 0 Å². The minimum atomic E-state index is -1.46. The SMILES string of the molecule is CC(=O)OC(Cc1ccccc1)C(=O)O.O=C(O)[C@H](O)Cc1ccccc1O. The molecule has 0 saturated heterocycles. The summed E-state index contributed by atoms with van der Waals surface area (Å²) in [5.74, 6) is -3.00. The van der Waals surface area contributed by atoms with Crippen molar-refractivity contribution >= 4 is 17.9 Å². The van der Waals surface area contributed by atoms with Crippen LogP contribution in [0, 0.1) is 0 Å². The standard InChI is InChI=1S/C11H12O4.C9H10O4/c1-8(12)15-10(11(13)14)7-9-5-3-2-4-6-9;10-7-4-2-1-3-6(7)5-8(11)9(12)13/h2-6,10H,7H2,1H3,(H,13,14);1-4,8,10-11H,5H2,(H,12,13)/t;8-/m.1/s1. The average molecular weight is 390 g/mol. The minimum Gasteiger partial charge on any atom is -0.508 e. The third kappa shape index (κ3) is 8.33. The van der Waals surface area contributed by atoms with Crippen LogP contribution in [0.15, 0.2) is 54.6 Å².